The van der Waals surface area contributed by atoms with Crippen molar-refractivity contribution in [3.8, 4) is 11.3 Å². The first kappa shape index (κ1) is 12.4. The number of fused-ring (bicyclic) bond motifs is 1. The highest BCUT2D eigenvalue weighted by molar-refractivity contribution is 6.10. The molecule has 1 aromatic carbocycles. The number of nitrogens with zero attached hydrogens (tertiary/aromatic N) is 1. The molecule has 0 atom stereocenters. The number of para-hydroxylation sites is 1. The summed E-state index contributed by atoms with van der Waals surface area (Å²) in [6.07, 6.45) is 3.43. The lowest BCUT2D eigenvalue weighted by molar-refractivity contribution is 0.0529. The van der Waals surface area contributed by atoms with Gasteiger partial charge in [-0.1, -0.05) is 18.2 Å². The third-order valence-corrected chi connectivity index (χ3v) is 3.14. The number of aromatic amines is 1. The van der Waals surface area contributed by atoms with Gasteiger partial charge in [0.05, 0.1) is 17.9 Å². The van der Waals surface area contributed by atoms with Crippen molar-refractivity contribution >= 4 is 16.9 Å². The Bertz CT molecular complexity index is 748. The van der Waals surface area contributed by atoms with Crippen LogP contribution in [0.15, 0.2) is 48.8 Å². The molecule has 2 heterocycles. The summed E-state index contributed by atoms with van der Waals surface area (Å²) in [5, 5.41) is 0.866. The van der Waals surface area contributed by atoms with Gasteiger partial charge in [0.25, 0.3) is 0 Å². The number of carbonyl (C=O) groups excluding carboxylic acids is 1. The van der Waals surface area contributed by atoms with Gasteiger partial charge in [-0.25, -0.2) is 4.79 Å². The zero-order chi connectivity index (χ0) is 13.9. The maximum atomic E-state index is 12.3. The lowest BCUT2D eigenvalue weighted by Crippen LogP contribution is -2.05. The predicted octanol–water partition coefficient (Wildman–Crippen LogP) is 3.41. The molecule has 0 aliphatic rings. The highest BCUT2D eigenvalue weighted by atomic mass is 16.5. The van der Waals surface area contributed by atoms with E-state index in [0.717, 1.165) is 22.2 Å². The molecule has 0 saturated carbocycles. The molecule has 0 aliphatic heterocycles. The minimum atomic E-state index is -0.316. The van der Waals surface area contributed by atoms with Crippen molar-refractivity contribution in [2.24, 2.45) is 0 Å². The second-order valence-corrected chi connectivity index (χ2v) is 4.38. The summed E-state index contributed by atoms with van der Waals surface area (Å²) in [5.74, 6) is -0.316. The van der Waals surface area contributed by atoms with Gasteiger partial charge < -0.3 is 9.72 Å². The fourth-order valence-corrected chi connectivity index (χ4v) is 2.28. The van der Waals surface area contributed by atoms with Gasteiger partial charge >= 0.3 is 5.97 Å². The average molecular weight is 266 g/mol. The van der Waals surface area contributed by atoms with E-state index in [9.17, 15) is 4.79 Å². The summed E-state index contributed by atoms with van der Waals surface area (Å²) in [5.41, 5.74) is 3.09. The molecule has 20 heavy (non-hydrogen) atoms. The van der Waals surface area contributed by atoms with Crippen LogP contribution in [0, 0.1) is 0 Å². The molecule has 1 N–H and O–H groups in total. The van der Waals surface area contributed by atoms with Crippen molar-refractivity contribution in [2.75, 3.05) is 6.61 Å². The Balaban J connectivity index is 2.25. The van der Waals surface area contributed by atoms with Crippen LogP contribution in [0.2, 0.25) is 0 Å². The highest BCUT2D eigenvalue weighted by Crippen LogP contribution is 2.30. The molecular weight excluding hydrogens is 252 g/mol. The van der Waals surface area contributed by atoms with Crippen LogP contribution in [0.4, 0.5) is 0 Å². The van der Waals surface area contributed by atoms with Gasteiger partial charge in [0.2, 0.25) is 0 Å². The summed E-state index contributed by atoms with van der Waals surface area (Å²) in [7, 11) is 0. The summed E-state index contributed by atoms with van der Waals surface area (Å²) in [6, 6.07) is 11.5. The summed E-state index contributed by atoms with van der Waals surface area (Å²) >= 11 is 0. The summed E-state index contributed by atoms with van der Waals surface area (Å²) in [4.78, 5) is 19.6. The molecule has 4 nitrogen and oxygen atoms in total. The smallest absolute Gasteiger partial charge is 0.340 e. The highest BCUT2D eigenvalue weighted by Gasteiger charge is 2.20. The number of esters is 1. The lowest BCUT2D eigenvalue weighted by atomic mass is 10.1. The van der Waals surface area contributed by atoms with Crippen molar-refractivity contribution in [2.45, 2.75) is 6.92 Å². The quantitative estimate of drug-likeness (QED) is 0.739. The van der Waals surface area contributed by atoms with E-state index in [1.54, 1.807) is 19.3 Å². The fraction of sp³-hybridized carbons (Fsp3) is 0.125. The van der Waals surface area contributed by atoms with E-state index >= 15 is 0 Å². The minimum Gasteiger partial charge on any atom is -0.462 e. The number of benzene rings is 1. The number of hydrogen-bond donors (Lipinski definition) is 1. The Hall–Kier alpha value is -2.62. The molecule has 0 saturated heterocycles. The minimum absolute atomic E-state index is 0.316. The zero-order valence-corrected chi connectivity index (χ0v) is 11.1. The van der Waals surface area contributed by atoms with Crippen molar-refractivity contribution in [1.29, 1.82) is 0 Å². The average Bonchev–Trinajstić information content (AvgIpc) is 2.88. The van der Waals surface area contributed by atoms with Crippen molar-refractivity contribution in [3.63, 3.8) is 0 Å². The Labute approximate surface area is 116 Å². The molecule has 100 valence electrons. The lowest BCUT2D eigenvalue weighted by Gasteiger charge is -2.04. The fourth-order valence-electron chi connectivity index (χ4n) is 2.28. The number of rotatable bonds is 3. The van der Waals surface area contributed by atoms with Crippen LogP contribution in [0.5, 0.6) is 0 Å². The van der Waals surface area contributed by atoms with E-state index in [4.69, 9.17) is 4.74 Å². The number of H-pyrrole nitrogens is 1. The molecule has 3 rings (SSSR count). The number of ether oxygens (including phenoxy) is 1. The molecule has 0 amide bonds. The molecule has 3 aromatic rings. The van der Waals surface area contributed by atoms with Crippen LogP contribution in [-0.4, -0.2) is 22.5 Å². The maximum Gasteiger partial charge on any atom is 0.340 e. The number of carbonyl (C=O) groups is 1. The van der Waals surface area contributed by atoms with E-state index in [0.29, 0.717) is 12.2 Å². The second-order valence-electron chi connectivity index (χ2n) is 4.38. The van der Waals surface area contributed by atoms with Gasteiger partial charge in [0.1, 0.15) is 0 Å². The van der Waals surface area contributed by atoms with Gasteiger partial charge in [0, 0.05) is 28.9 Å². The predicted molar refractivity (Wildman–Crippen MR) is 77.5 cm³/mol. The van der Waals surface area contributed by atoms with Crippen molar-refractivity contribution < 1.29 is 9.53 Å². The van der Waals surface area contributed by atoms with E-state index < -0.39 is 0 Å². The van der Waals surface area contributed by atoms with Gasteiger partial charge in [-0.2, -0.15) is 0 Å². The molecule has 4 heteroatoms. The zero-order valence-electron chi connectivity index (χ0n) is 11.1. The van der Waals surface area contributed by atoms with Crippen LogP contribution >= 0.6 is 0 Å². The molecular formula is C16H14N2O2. The first-order valence-electron chi connectivity index (χ1n) is 6.49. The van der Waals surface area contributed by atoms with Crippen LogP contribution in [-0.2, 0) is 4.74 Å². The monoisotopic (exact) mass is 266 g/mol. The Morgan fingerprint density at radius 1 is 1.25 bits per heavy atom. The summed E-state index contributed by atoms with van der Waals surface area (Å²) in [6.45, 7) is 2.15. The SMILES string of the molecule is CCOC(=O)c1c(-c2cccnc2)[nH]c2ccccc12. The standard InChI is InChI=1S/C16H14N2O2/c1-2-20-16(19)14-12-7-3-4-8-13(12)18-15(14)11-6-5-9-17-10-11/h3-10,18H,2H2,1H3. The van der Waals surface area contributed by atoms with Crippen LogP contribution in [0.25, 0.3) is 22.2 Å². The third-order valence-electron chi connectivity index (χ3n) is 3.14. The van der Waals surface area contributed by atoms with E-state index in [-0.39, 0.29) is 5.97 Å². The third kappa shape index (κ3) is 2.05. The van der Waals surface area contributed by atoms with Crippen molar-refractivity contribution in [3.05, 3.63) is 54.4 Å². The van der Waals surface area contributed by atoms with Gasteiger partial charge in [-0.15, -0.1) is 0 Å². The molecule has 0 aliphatic carbocycles. The molecule has 0 radical (unpaired) electrons. The van der Waals surface area contributed by atoms with Crippen molar-refractivity contribution in [1.82, 2.24) is 9.97 Å². The molecule has 2 aromatic heterocycles. The first-order valence-corrected chi connectivity index (χ1v) is 6.49. The molecule has 0 fully saturated rings. The largest absolute Gasteiger partial charge is 0.462 e. The first-order chi connectivity index (χ1) is 9.81. The molecule has 0 unspecified atom stereocenters. The Morgan fingerprint density at radius 3 is 2.85 bits per heavy atom. The van der Waals surface area contributed by atoms with Gasteiger partial charge in [0.15, 0.2) is 0 Å². The maximum absolute atomic E-state index is 12.3. The van der Waals surface area contributed by atoms with Crippen LogP contribution < -0.4 is 0 Å². The van der Waals surface area contributed by atoms with Crippen LogP contribution in [0.3, 0.4) is 0 Å². The Kier molecular flexibility index (Phi) is 3.21. The Morgan fingerprint density at radius 2 is 2.10 bits per heavy atom. The molecule has 0 bridgehead atoms. The second kappa shape index (κ2) is 5.17. The van der Waals surface area contributed by atoms with E-state index in [2.05, 4.69) is 9.97 Å². The van der Waals surface area contributed by atoms with Crippen LogP contribution in [0.1, 0.15) is 17.3 Å². The topological polar surface area (TPSA) is 55.0 Å². The van der Waals surface area contributed by atoms with E-state index in [1.165, 1.54) is 0 Å². The number of hydrogen-bond acceptors (Lipinski definition) is 3. The van der Waals surface area contributed by atoms with E-state index in [1.807, 2.05) is 36.4 Å². The van der Waals surface area contributed by atoms with Gasteiger partial charge in [-0.3, -0.25) is 4.98 Å². The number of pyridine rings is 1. The number of nitrogens with one attached hydrogen (secondary N) is 1. The van der Waals surface area contributed by atoms with Gasteiger partial charge in [-0.05, 0) is 25.1 Å². The number of aromatic nitrogens is 2. The summed E-state index contributed by atoms with van der Waals surface area (Å²) < 4.78 is 5.18. The molecule has 0 spiro atoms. The normalized spacial score (nSPS) is 10.7.